The van der Waals surface area contributed by atoms with E-state index in [1.807, 2.05) is 6.92 Å². The molecule has 1 aliphatic heterocycles. The third kappa shape index (κ3) is 2.72. The molecule has 0 atom stereocenters. The molecule has 1 aromatic carbocycles. The van der Waals surface area contributed by atoms with E-state index < -0.39 is 0 Å². The highest BCUT2D eigenvalue weighted by Gasteiger charge is 2.24. The maximum absolute atomic E-state index is 5.45. The van der Waals surface area contributed by atoms with Crippen LogP contribution in [0.5, 0.6) is 0 Å². The van der Waals surface area contributed by atoms with E-state index in [0.29, 0.717) is 6.73 Å². The number of hydrogen-bond acceptors (Lipinski definition) is 2. The van der Waals surface area contributed by atoms with Gasteiger partial charge in [-0.1, -0.05) is 17.7 Å². The molecule has 2 rings (SSSR count). The van der Waals surface area contributed by atoms with Crippen LogP contribution in [0.4, 0.5) is 5.69 Å². The fraction of sp³-hybridized carbons (Fsp3) is 0.533. The summed E-state index contributed by atoms with van der Waals surface area (Å²) in [4.78, 5) is 2.34. The van der Waals surface area contributed by atoms with Gasteiger partial charge in [-0.15, -0.1) is 0 Å². The summed E-state index contributed by atoms with van der Waals surface area (Å²) in [5.74, 6) is 0. The summed E-state index contributed by atoms with van der Waals surface area (Å²) in [5.41, 5.74) is 5.38. The lowest BCUT2D eigenvalue weighted by molar-refractivity contribution is -0.555. The van der Waals surface area contributed by atoms with Crippen LogP contribution in [0.15, 0.2) is 12.1 Å². The van der Waals surface area contributed by atoms with Crippen LogP contribution in [0.1, 0.15) is 23.6 Å². The van der Waals surface area contributed by atoms with Crippen molar-refractivity contribution < 1.29 is 9.31 Å². The number of ether oxygens (including phenoxy) is 1. The summed E-state index contributed by atoms with van der Waals surface area (Å²) < 4.78 is 7.67. The van der Waals surface area contributed by atoms with Gasteiger partial charge in [0.2, 0.25) is 6.34 Å². The van der Waals surface area contributed by atoms with Gasteiger partial charge in [0.1, 0.15) is 18.8 Å². The van der Waals surface area contributed by atoms with E-state index in [4.69, 9.17) is 4.74 Å². The maximum atomic E-state index is 5.45. The van der Waals surface area contributed by atoms with E-state index in [9.17, 15) is 0 Å². The smallest absolute Gasteiger partial charge is 0.241 e. The van der Waals surface area contributed by atoms with Gasteiger partial charge in [-0.2, -0.15) is 0 Å². The van der Waals surface area contributed by atoms with E-state index in [-0.39, 0.29) is 0 Å². The van der Waals surface area contributed by atoms with Crippen LogP contribution in [-0.4, -0.2) is 37.3 Å². The Kier molecular flexibility index (Phi) is 4.02. The molecule has 0 saturated heterocycles. The van der Waals surface area contributed by atoms with Gasteiger partial charge in [0.25, 0.3) is 0 Å². The number of anilines is 1. The van der Waals surface area contributed by atoms with Crippen LogP contribution >= 0.6 is 0 Å². The lowest BCUT2D eigenvalue weighted by Crippen LogP contribution is -2.20. The fourth-order valence-electron chi connectivity index (χ4n) is 2.65. The van der Waals surface area contributed by atoms with E-state index in [0.717, 1.165) is 19.7 Å². The van der Waals surface area contributed by atoms with Crippen molar-refractivity contribution in [2.45, 2.75) is 27.7 Å². The zero-order valence-electron chi connectivity index (χ0n) is 11.9. The summed E-state index contributed by atoms with van der Waals surface area (Å²) in [6.07, 6.45) is 2.18. The zero-order chi connectivity index (χ0) is 13.1. The molecule has 0 fully saturated rings. The second-order valence-electron chi connectivity index (χ2n) is 4.99. The first kappa shape index (κ1) is 13.1. The third-order valence-corrected chi connectivity index (χ3v) is 3.31. The van der Waals surface area contributed by atoms with E-state index in [1.54, 1.807) is 0 Å². The molecule has 18 heavy (non-hydrogen) atoms. The third-order valence-electron chi connectivity index (χ3n) is 3.31. The highest BCUT2D eigenvalue weighted by molar-refractivity contribution is 5.80. The normalized spacial score (nSPS) is 15.1. The quantitative estimate of drug-likeness (QED) is 0.760. The SMILES string of the molecule is CCOC[N+]1=CN(c2c(C)cc(C)cc2C)CC1. The first-order chi connectivity index (χ1) is 8.61. The van der Waals surface area contributed by atoms with Crippen LogP contribution in [-0.2, 0) is 4.74 Å². The minimum atomic E-state index is 0.691. The van der Waals surface area contributed by atoms with E-state index >= 15 is 0 Å². The lowest BCUT2D eigenvalue weighted by Gasteiger charge is -2.13. The Hall–Kier alpha value is -1.35. The molecule has 0 amide bonds. The molecule has 0 unspecified atom stereocenters. The minimum Gasteiger partial charge on any atom is -0.342 e. The molecule has 3 heteroatoms. The molecule has 1 aliphatic rings. The zero-order valence-corrected chi connectivity index (χ0v) is 11.9. The molecule has 0 aromatic heterocycles. The van der Waals surface area contributed by atoms with Crippen LogP contribution in [0.2, 0.25) is 0 Å². The summed E-state index contributed by atoms with van der Waals surface area (Å²) >= 11 is 0. The predicted molar refractivity (Wildman–Crippen MR) is 75.7 cm³/mol. The standard InChI is InChI=1S/C15H23N2O/c1-5-18-11-16-6-7-17(10-16)15-13(3)8-12(2)9-14(15)4/h8-10H,5-7,11H2,1-4H3/q+1. The van der Waals surface area contributed by atoms with Gasteiger partial charge in [-0.05, 0) is 38.8 Å². The van der Waals surface area contributed by atoms with Crippen molar-refractivity contribution in [2.75, 3.05) is 31.3 Å². The van der Waals surface area contributed by atoms with Crippen molar-refractivity contribution in [1.29, 1.82) is 0 Å². The molecule has 0 saturated carbocycles. The number of benzene rings is 1. The average molecular weight is 247 g/mol. The summed E-state index contributed by atoms with van der Waals surface area (Å²) in [7, 11) is 0. The van der Waals surface area contributed by atoms with Crippen molar-refractivity contribution in [3.05, 3.63) is 28.8 Å². The Bertz CT molecular complexity index is 443. The van der Waals surface area contributed by atoms with Gasteiger partial charge in [0.15, 0.2) is 6.73 Å². The molecular formula is C15H23N2O+. The number of nitrogens with zero attached hydrogens (tertiary/aromatic N) is 2. The van der Waals surface area contributed by atoms with Gasteiger partial charge < -0.3 is 4.74 Å². The van der Waals surface area contributed by atoms with Crippen molar-refractivity contribution in [2.24, 2.45) is 0 Å². The molecule has 1 aromatic rings. The van der Waals surface area contributed by atoms with Gasteiger partial charge in [-0.25, -0.2) is 9.48 Å². The Labute approximate surface area is 110 Å². The Morgan fingerprint density at radius 1 is 1.22 bits per heavy atom. The molecule has 0 spiro atoms. The first-order valence-electron chi connectivity index (χ1n) is 6.63. The Morgan fingerprint density at radius 2 is 1.89 bits per heavy atom. The Balaban J connectivity index is 2.21. The average Bonchev–Trinajstić information content (AvgIpc) is 2.73. The summed E-state index contributed by atoms with van der Waals surface area (Å²) in [6.45, 7) is 12.1. The van der Waals surface area contributed by atoms with Crippen molar-refractivity contribution in [1.82, 2.24) is 0 Å². The molecule has 1 heterocycles. The molecule has 3 nitrogen and oxygen atoms in total. The van der Waals surface area contributed by atoms with Crippen LogP contribution < -0.4 is 4.90 Å². The van der Waals surface area contributed by atoms with Gasteiger partial charge >= 0.3 is 0 Å². The van der Waals surface area contributed by atoms with Crippen LogP contribution in [0.25, 0.3) is 0 Å². The summed E-state index contributed by atoms with van der Waals surface area (Å²) in [6, 6.07) is 4.50. The van der Waals surface area contributed by atoms with Crippen molar-refractivity contribution in [3.8, 4) is 0 Å². The molecule has 0 bridgehead atoms. The molecule has 0 N–H and O–H groups in total. The van der Waals surface area contributed by atoms with Gasteiger partial charge in [0.05, 0.1) is 0 Å². The lowest BCUT2D eigenvalue weighted by atomic mass is 10.0. The first-order valence-corrected chi connectivity index (χ1v) is 6.63. The van der Waals surface area contributed by atoms with Crippen molar-refractivity contribution >= 4 is 12.0 Å². The van der Waals surface area contributed by atoms with Gasteiger partial charge in [0, 0.05) is 6.61 Å². The molecule has 98 valence electrons. The van der Waals surface area contributed by atoms with Crippen molar-refractivity contribution in [3.63, 3.8) is 0 Å². The monoisotopic (exact) mass is 247 g/mol. The number of hydrogen-bond donors (Lipinski definition) is 0. The number of rotatable bonds is 4. The second kappa shape index (κ2) is 5.53. The molecular weight excluding hydrogens is 224 g/mol. The minimum absolute atomic E-state index is 0.691. The van der Waals surface area contributed by atoms with Crippen LogP contribution in [0.3, 0.4) is 0 Å². The highest BCUT2D eigenvalue weighted by Crippen LogP contribution is 2.26. The summed E-state index contributed by atoms with van der Waals surface area (Å²) in [5, 5.41) is 0. The van der Waals surface area contributed by atoms with E-state index in [2.05, 4.69) is 48.7 Å². The molecule has 0 aliphatic carbocycles. The predicted octanol–water partition coefficient (Wildman–Crippen LogP) is 2.47. The highest BCUT2D eigenvalue weighted by atomic mass is 16.5. The van der Waals surface area contributed by atoms with Gasteiger partial charge in [-0.3, -0.25) is 0 Å². The van der Waals surface area contributed by atoms with Crippen LogP contribution in [0, 0.1) is 20.8 Å². The topological polar surface area (TPSA) is 15.5 Å². The second-order valence-corrected chi connectivity index (χ2v) is 4.99. The maximum Gasteiger partial charge on any atom is 0.241 e. The number of aryl methyl sites for hydroxylation is 3. The molecule has 0 radical (unpaired) electrons. The Morgan fingerprint density at radius 3 is 2.50 bits per heavy atom. The largest absolute Gasteiger partial charge is 0.342 e. The fourth-order valence-corrected chi connectivity index (χ4v) is 2.65. The van der Waals surface area contributed by atoms with E-state index in [1.165, 1.54) is 22.4 Å².